The summed E-state index contributed by atoms with van der Waals surface area (Å²) in [6.07, 6.45) is 0.124. The Kier molecular flexibility index (Phi) is 4.30. The molecule has 0 spiro atoms. The Bertz CT molecular complexity index is 420. The van der Waals surface area contributed by atoms with E-state index in [1.807, 2.05) is 35.6 Å². The fraction of sp³-hybridized carbons (Fsp3) is 0.385. The van der Waals surface area contributed by atoms with Crippen LogP contribution in [0, 0.1) is 0 Å². The SMILES string of the molecule is O=C(C[C@H]1[NH2+]CCNC1=O)OCc1ccccc1. The first kappa shape index (κ1) is 12.6. The minimum atomic E-state index is -0.345. The molecule has 0 aromatic heterocycles. The second kappa shape index (κ2) is 6.16. The highest BCUT2D eigenvalue weighted by Crippen LogP contribution is 2.02. The Balaban J connectivity index is 1.76. The Labute approximate surface area is 106 Å². The first-order valence-electron chi connectivity index (χ1n) is 6.06. The number of ether oxygens (including phenoxy) is 1. The van der Waals surface area contributed by atoms with Crippen molar-refractivity contribution < 1.29 is 19.6 Å². The molecule has 1 aromatic carbocycles. The van der Waals surface area contributed by atoms with Crippen molar-refractivity contribution in [3.05, 3.63) is 35.9 Å². The summed E-state index contributed by atoms with van der Waals surface area (Å²) in [4.78, 5) is 23.1. The third kappa shape index (κ3) is 3.56. The molecule has 0 unspecified atom stereocenters. The summed E-state index contributed by atoms with van der Waals surface area (Å²) in [5.74, 6) is -0.421. The number of carbonyl (C=O) groups excluding carboxylic acids is 2. The van der Waals surface area contributed by atoms with Gasteiger partial charge in [-0.2, -0.15) is 0 Å². The Morgan fingerprint density at radius 1 is 1.39 bits per heavy atom. The van der Waals surface area contributed by atoms with E-state index in [9.17, 15) is 9.59 Å². The lowest BCUT2D eigenvalue weighted by Crippen LogP contribution is -2.96. The molecule has 1 atom stereocenters. The predicted octanol–water partition coefficient (Wildman–Crippen LogP) is -0.818. The number of nitrogens with one attached hydrogen (secondary N) is 1. The van der Waals surface area contributed by atoms with Gasteiger partial charge in [0.15, 0.2) is 6.04 Å². The smallest absolute Gasteiger partial charge is 0.312 e. The van der Waals surface area contributed by atoms with Crippen molar-refractivity contribution in [1.82, 2.24) is 5.32 Å². The summed E-state index contributed by atoms with van der Waals surface area (Å²) in [5, 5.41) is 4.61. The largest absolute Gasteiger partial charge is 0.461 e. The van der Waals surface area contributed by atoms with E-state index in [0.29, 0.717) is 6.54 Å². The topological polar surface area (TPSA) is 72.0 Å². The van der Waals surface area contributed by atoms with Crippen LogP contribution < -0.4 is 10.6 Å². The van der Waals surface area contributed by atoms with Gasteiger partial charge in [0.1, 0.15) is 13.0 Å². The molecule has 1 aromatic rings. The molecule has 2 rings (SSSR count). The number of quaternary nitrogens is 1. The highest BCUT2D eigenvalue weighted by Gasteiger charge is 2.28. The highest BCUT2D eigenvalue weighted by molar-refractivity contribution is 5.85. The summed E-state index contributed by atoms with van der Waals surface area (Å²) >= 11 is 0. The molecule has 96 valence electrons. The molecule has 1 saturated heterocycles. The molecule has 0 bridgehead atoms. The van der Waals surface area contributed by atoms with Crippen LogP contribution in [0.4, 0.5) is 0 Å². The lowest BCUT2D eigenvalue weighted by atomic mass is 10.1. The first-order chi connectivity index (χ1) is 8.75. The Hall–Kier alpha value is -1.88. The molecule has 1 fully saturated rings. The number of benzene rings is 1. The zero-order valence-corrected chi connectivity index (χ0v) is 10.1. The number of amides is 1. The van der Waals surface area contributed by atoms with E-state index in [4.69, 9.17) is 4.74 Å². The van der Waals surface area contributed by atoms with E-state index < -0.39 is 0 Å². The van der Waals surface area contributed by atoms with Crippen molar-refractivity contribution >= 4 is 11.9 Å². The normalized spacial score (nSPS) is 19.1. The van der Waals surface area contributed by atoms with Crippen LogP contribution in [0.1, 0.15) is 12.0 Å². The Morgan fingerprint density at radius 3 is 2.89 bits per heavy atom. The first-order valence-corrected chi connectivity index (χ1v) is 6.06. The van der Waals surface area contributed by atoms with E-state index in [1.54, 1.807) is 0 Å². The molecule has 1 aliphatic heterocycles. The third-order valence-electron chi connectivity index (χ3n) is 2.86. The van der Waals surface area contributed by atoms with E-state index >= 15 is 0 Å². The molecule has 3 N–H and O–H groups in total. The van der Waals surface area contributed by atoms with Crippen LogP contribution in [0.25, 0.3) is 0 Å². The molecule has 5 heteroatoms. The van der Waals surface area contributed by atoms with Gasteiger partial charge < -0.3 is 15.4 Å². The number of esters is 1. The Morgan fingerprint density at radius 2 is 2.17 bits per heavy atom. The number of nitrogens with two attached hydrogens (primary N) is 1. The minimum Gasteiger partial charge on any atom is -0.461 e. The quantitative estimate of drug-likeness (QED) is 0.685. The molecule has 0 radical (unpaired) electrons. The van der Waals surface area contributed by atoms with Gasteiger partial charge in [-0.25, -0.2) is 0 Å². The van der Waals surface area contributed by atoms with Crippen LogP contribution in [-0.2, 0) is 20.9 Å². The molecule has 0 aliphatic carbocycles. The second-order valence-electron chi connectivity index (χ2n) is 4.27. The van der Waals surface area contributed by atoms with Gasteiger partial charge in [-0.3, -0.25) is 9.59 Å². The maximum Gasteiger partial charge on any atom is 0.312 e. The lowest BCUT2D eigenvalue weighted by molar-refractivity contribution is -0.678. The number of hydrogen-bond donors (Lipinski definition) is 2. The molecule has 18 heavy (non-hydrogen) atoms. The van der Waals surface area contributed by atoms with Crippen molar-refractivity contribution in [3.63, 3.8) is 0 Å². The van der Waals surface area contributed by atoms with Crippen molar-refractivity contribution in [2.45, 2.75) is 19.1 Å². The fourth-order valence-corrected chi connectivity index (χ4v) is 1.87. The van der Waals surface area contributed by atoms with E-state index in [0.717, 1.165) is 12.1 Å². The predicted molar refractivity (Wildman–Crippen MR) is 64.4 cm³/mol. The van der Waals surface area contributed by atoms with Gasteiger partial charge in [-0.1, -0.05) is 30.3 Å². The summed E-state index contributed by atoms with van der Waals surface area (Å²) in [6, 6.07) is 9.14. The van der Waals surface area contributed by atoms with Gasteiger partial charge in [0, 0.05) is 0 Å². The van der Waals surface area contributed by atoms with Crippen LogP contribution in [0.2, 0.25) is 0 Å². The van der Waals surface area contributed by atoms with Gasteiger partial charge in [0.05, 0.1) is 13.1 Å². The third-order valence-corrected chi connectivity index (χ3v) is 2.86. The molecule has 0 saturated carbocycles. The number of carbonyl (C=O) groups is 2. The molecule has 1 heterocycles. The molecule has 5 nitrogen and oxygen atoms in total. The number of piperazine rings is 1. The van der Waals surface area contributed by atoms with Crippen molar-refractivity contribution in [3.8, 4) is 0 Å². The van der Waals surface area contributed by atoms with Gasteiger partial charge in [-0.15, -0.1) is 0 Å². The van der Waals surface area contributed by atoms with Crippen LogP contribution in [0.3, 0.4) is 0 Å². The standard InChI is InChI=1S/C13H16N2O3/c16-12(8-11-13(17)15-7-6-14-11)18-9-10-4-2-1-3-5-10/h1-5,11,14H,6-9H2,(H,15,17)/p+1/t11-/m1/s1. The molecule has 1 aliphatic rings. The zero-order chi connectivity index (χ0) is 12.8. The van der Waals surface area contributed by atoms with Crippen molar-refractivity contribution in [2.24, 2.45) is 0 Å². The minimum absolute atomic E-state index is 0.0853. The lowest BCUT2D eigenvalue weighted by Gasteiger charge is -2.19. The highest BCUT2D eigenvalue weighted by atomic mass is 16.5. The molecule has 1 amide bonds. The maximum absolute atomic E-state index is 11.6. The summed E-state index contributed by atoms with van der Waals surface area (Å²) in [7, 11) is 0. The summed E-state index contributed by atoms with van der Waals surface area (Å²) in [6.45, 7) is 1.73. The zero-order valence-electron chi connectivity index (χ0n) is 10.1. The van der Waals surface area contributed by atoms with E-state index in [2.05, 4.69) is 5.32 Å². The van der Waals surface area contributed by atoms with Crippen molar-refractivity contribution in [1.29, 1.82) is 0 Å². The van der Waals surface area contributed by atoms with Gasteiger partial charge >= 0.3 is 5.97 Å². The maximum atomic E-state index is 11.6. The number of rotatable bonds is 4. The van der Waals surface area contributed by atoms with Crippen LogP contribution in [-0.4, -0.2) is 31.0 Å². The summed E-state index contributed by atoms with van der Waals surface area (Å²) in [5.41, 5.74) is 0.947. The fourth-order valence-electron chi connectivity index (χ4n) is 1.87. The van der Waals surface area contributed by atoms with Crippen LogP contribution in [0.15, 0.2) is 30.3 Å². The van der Waals surface area contributed by atoms with Crippen LogP contribution >= 0.6 is 0 Å². The second-order valence-corrected chi connectivity index (χ2v) is 4.27. The molecular weight excluding hydrogens is 232 g/mol. The van der Waals surface area contributed by atoms with Crippen molar-refractivity contribution in [2.75, 3.05) is 13.1 Å². The van der Waals surface area contributed by atoms with Gasteiger partial charge in [0.2, 0.25) is 0 Å². The van der Waals surface area contributed by atoms with E-state index in [-0.39, 0.29) is 30.9 Å². The van der Waals surface area contributed by atoms with Crippen LogP contribution in [0.5, 0.6) is 0 Å². The summed E-state index contributed by atoms with van der Waals surface area (Å²) < 4.78 is 5.14. The molecular formula is C13H17N2O3+. The average Bonchev–Trinajstić information content (AvgIpc) is 2.40. The monoisotopic (exact) mass is 249 g/mol. The average molecular weight is 249 g/mol. The van der Waals surface area contributed by atoms with Gasteiger partial charge in [-0.05, 0) is 5.56 Å². The number of hydrogen-bond acceptors (Lipinski definition) is 3. The van der Waals surface area contributed by atoms with E-state index in [1.165, 1.54) is 0 Å². The van der Waals surface area contributed by atoms with Gasteiger partial charge in [0.25, 0.3) is 5.91 Å².